The van der Waals surface area contributed by atoms with Gasteiger partial charge in [-0.1, -0.05) is 30.3 Å². The van der Waals surface area contributed by atoms with E-state index >= 15 is 0 Å². The smallest absolute Gasteiger partial charge is 0.411 e. The van der Waals surface area contributed by atoms with Crippen molar-refractivity contribution in [2.45, 2.75) is 39.1 Å². The van der Waals surface area contributed by atoms with E-state index in [9.17, 15) is 9.59 Å². The van der Waals surface area contributed by atoms with Gasteiger partial charge in [0.15, 0.2) is 0 Å². The Labute approximate surface area is 148 Å². The fraction of sp³-hybridized carbons (Fsp3) is 0.556. The molecular formula is C18H26N2O5. The van der Waals surface area contributed by atoms with Crippen molar-refractivity contribution in [3.8, 4) is 0 Å². The lowest BCUT2D eigenvalue weighted by molar-refractivity contribution is -0.162. The largest absolute Gasteiger partial charge is 0.461 e. The minimum absolute atomic E-state index is 0.200. The number of hydrogen-bond donors (Lipinski definition) is 1. The molecule has 2 rings (SSSR count). The van der Waals surface area contributed by atoms with Gasteiger partial charge < -0.3 is 19.9 Å². The van der Waals surface area contributed by atoms with E-state index in [0.717, 1.165) is 5.56 Å². The number of likely N-dealkylation sites (tertiary alicyclic amines) is 1. The van der Waals surface area contributed by atoms with Crippen molar-refractivity contribution in [1.29, 1.82) is 0 Å². The monoisotopic (exact) mass is 350 g/mol. The normalized spacial score (nSPS) is 23.2. The van der Waals surface area contributed by atoms with Crippen LogP contribution in [0.2, 0.25) is 0 Å². The summed E-state index contributed by atoms with van der Waals surface area (Å²) in [6.07, 6.45) is -1.44. The molecule has 0 radical (unpaired) electrons. The molecule has 7 nitrogen and oxygen atoms in total. The molecular weight excluding hydrogens is 324 g/mol. The minimum Gasteiger partial charge on any atom is -0.461 e. The summed E-state index contributed by atoms with van der Waals surface area (Å²) in [7, 11) is 0. The number of amides is 1. The topological polar surface area (TPSA) is 91.1 Å². The second kappa shape index (κ2) is 9.39. The van der Waals surface area contributed by atoms with Gasteiger partial charge in [0.25, 0.3) is 0 Å². The molecule has 1 saturated heterocycles. The Hall–Kier alpha value is -2.12. The molecule has 1 amide bonds. The number of nitrogens with zero attached hydrogens (tertiary/aromatic N) is 1. The van der Waals surface area contributed by atoms with Gasteiger partial charge in [0.2, 0.25) is 0 Å². The number of benzene rings is 1. The predicted molar refractivity (Wildman–Crippen MR) is 91.5 cm³/mol. The van der Waals surface area contributed by atoms with Crippen molar-refractivity contribution in [2.24, 2.45) is 11.7 Å². The minimum atomic E-state index is -0.748. The van der Waals surface area contributed by atoms with Crippen molar-refractivity contribution in [1.82, 2.24) is 4.90 Å². The SMILES string of the molecule is CCOC(=O)N1CCC(C(=O)OCc2ccccc2)C(OCC)C1N. The summed E-state index contributed by atoms with van der Waals surface area (Å²) in [6.45, 7) is 4.74. The third-order valence-electron chi connectivity index (χ3n) is 4.16. The number of piperidine rings is 1. The van der Waals surface area contributed by atoms with Crippen LogP contribution in [0.3, 0.4) is 0 Å². The lowest BCUT2D eigenvalue weighted by atomic mass is 9.91. The average Bonchev–Trinajstić information content (AvgIpc) is 2.62. The number of ether oxygens (including phenoxy) is 3. The summed E-state index contributed by atoms with van der Waals surface area (Å²) in [5.74, 6) is -0.870. The fourth-order valence-electron chi connectivity index (χ4n) is 2.92. The van der Waals surface area contributed by atoms with Gasteiger partial charge in [0, 0.05) is 13.2 Å². The number of hydrogen-bond acceptors (Lipinski definition) is 6. The molecule has 1 aromatic carbocycles. The molecule has 1 heterocycles. The molecule has 1 fully saturated rings. The highest BCUT2D eigenvalue weighted by molar-refractivity contribution is 5.74. The van der Waals surface area contributed by atoms with Crippen molar-refractivity contribution < 1.29 is 23.8 Å². The van der Waals surface area contributed by atoms with Crippen molar-refractivity contribution in [3.05, 3.63) is 35.9 Å². The van der Waals surface area contributed by atoms with Crippen molar-refractivity contribution in [2.75, 3.05) is 19.8 Å². The molecule has 25 heavy (non-hydrogen) atoms. The first-order valence-corrected chi connectivity index (χ1v) is 8.59. The van der Waals surface area contributed by atoms with Crippen molar-refractivity contribution >= 4 is 12.1 Å². The van der Waals surface area contributed by atoms with Gasteiger partial charge in [0.1, 0.15) is 18.9 Å². The zero-order valence-corrected chi connectivity index (χ0v) is 14.7. The van der Waals surface area contributed by atoms with Crippen LogP contribution in [0, 0.1) is 5.92 Å². The van der Waals surface area contributed by atoms with E-state index in [1.807, 2.05) is 37.3 Å². The van der Waals surface area contributed by atoms with Crippen LogP contribution in [0.15, 0.2) is 30.3 Å². The Bertz CT molecular complexity index is 566. The van der Waals surface area contributed by atoms with Gasteiger partial charge in [-0.25, -0.2) is 4.79 Å². The molecule has 0 aromatic heterocycles. The van der Waals surface area contributed by atoms with E-state index in [2.05, 4.69) is 0 Å². The average molecular weight is 350 g/mol. The third kappa shape index (κ3) is 4.93. The van der Waals surface area contributed by atoms with E-state index in [1.54, 1.807) is 6.92 Å². The highest BCUT2D eigenvalue weighted by Crippen LogP contribution is 2.26. The molecule has 1 aromatic rings. The summed E-state index contributed by atoms with van der Waals surface area (Å²) < 4.78 is 16.1. The quantitative estimate of drug-likeness (QED) is 0.788. The van der Waals surface area contributed by atoms with Gasteiger partial charge in [-0.15, -0.1) is 0 Å². The second-order valence-corrected chi connectivity index (χ2v) is 5.79. The first-order chi connectivity index (χ1) is 12.1. The first kappa shape index (κ1) is 19.2. The van der Waals surface area contributed by atoms with Crippen LogP contribution in [-0.4, -0.2) is 49.0 Å². The molecule has 2 N–H and O–H groups in total. The number of carbonyl (C=O) groups excluding carboxylic acids is 2. The molecule has 3 unspecified atom stereocenters. The van der Waals surface area contributed by atoms with Gasteiger partial charge in [-0.05, 0) is 25.8 Å². The van der Waals surface area contributed by atoms with Gasteiger partial charge in [-0.3, -0.25) is 9.69 Å². The van der Waals surface area contributed by atoms with Crippen LogP contribution in [-0.2, 0) is 25.6 Å². The summed E-state index contributed by atoms with van der Waals surface area (Å²) in [6, 6.07) is 9.46. The Morgan fingerprint density at radius 1 is 1.16 bits per heavy atom. The van der Waals surface area contributed by atoms with Crippen LogP contribution >= 0.6 is 0 Å². The highest BCUT2D eigenvalue weighted by Gasteiger charge is 2.43. The Morgan fingerprint density at radius 2 is 1.88 bits per heavy atom. The van der Waals surface area contributed by atoms with E-state index in [1.165, 1.54) is 4.90 Å². The Balaban J connectivity index is 2.01. The van der Waals surface area contributed by atoms with E-state index in [-0.39, 0.29) is 19.2 Å². The first-order valence-electron chi connectivity index (χ1n) is 8.59. The number of rotatable bonds is 6. The molecule has 7 heteroatoms. The van der Waals surface area contributed by atoms with Crippen LogP contribution in [0.25, 0.3) is 0 Å². The summed E-state index contributed by atoms with van der Waals surface area (Å²) in [5, 5.41) is 0. The maximum Gasteiger partial charge on any atom is 0.411 e. The molecule has 0 aliphatic carbocycles. The van der Waals surface area contributed by atoms with Crippen LogP contribution < -0.4 is 5.73 Å². The zero-order valence-electron chi connectivity index (χ0n) is 14.7. The third-order valence-corrected chi connectivity index (χ3v) is 4.16. The molecule has 3 atom stereocenters. The predicted octanol–water partition coefficient (Wildman–Crippen LogP) is 1.90. The standard InChI is InChI=1S/C18H26N2O5/c1-3-23-15-14(10-11-20(16(15)19)18(22)24-4-2)17(21)25-12-13-8-6-5-7-9-13/h5-9,14-16H,3-4,10-12,19H2,1-2H3. The molecule has 0 bridgehead atoms. The number of esters is 1. The fourth-order valence-corrected chi connectivity index (χ4v) is 2.92. The maximum absolute atomic E-state index is 12.5. The van der Waals surface area contributed by atoms with Crippen LogP contribution in [0.5, 0.6) is 0 Å². The Morgan fingerprint density at radius 3 is 2.52 bits per heavy atom. The van der Waals surface area contributed by atoms with Crippen LogP contribution in [0.1, 0.15) is 25.8 Å². The number of nitrogens with two attached hydrogens (primary N) is 1. The van der Waals surface area contributed by atoms with E-state index < -0.39 is 24.3 Å². The Kier molecular flexibility index (Phi) is 7.21. The maximum atomic E-state index is 12.5. The molecule has 1 aliphatic rings. The number of carbonyl (C=O) groups is 2. The molecule has 0 spiro atoms. The van der Waals surface area contributed by atoms with Crippen LogP contribution in [0.4, 0.5) is 4.79 Å². The second-order valence-electron chi connectivity index (χ2n) is 5.79. The van der Waals surface area contributed by atoms with Crippen molar-refractivity contribution in [3.63, 3.8) is 0 Å². The molecule has 1 aliphatic heterocycles. The summed E-state index contributed by atoms with van der Waals surface area (Å²) in [5.41, 5.74) is 7.08. The lowest BCUT2D eigenvalue weighted by Gasteiger charge is -2.41. The highest BCUT2D eigenvalue weighted by atomic mass is 16.6. The van der Waals surface area contributed by atoms with Gasteiger partial charge in [-0.2, -0.15) is 0 Å². The lowest BCUT2D eigenvalue weighted by Crippen LogP contribution is -2.61. The molecule has 138 valence electrons. The van der Waals surface area contributed by atoms with Gasteiger partial charge in [0.05, 0.1) is 12.5 Å². The molecule has 0 saturated carbocycles. The van der Waals surface area contributed by atoms with E-state index in [4.69, 9.17) is 19.9 Å². The zero-order chi connectivity index (χ0) is 18.2. The summed E-state index contributed by atoms with van der Waals surface area (Å²) >= 11 is 0. The van der Waals surface area contributed by atoms with Gasteiger partial charge >= 0.3 is 12.1 Å². The van der Waals surface area contributed by atoms with E-state index in [0.29, 0.717) is 19.6 Å². The summed E-state index contributed by atoms with van der Waals surface area (Å²) in [4.78, 5) is 25.9.